The van der Waals surface area contributed by atoms with Gasteiger partial charge in [-0.15, -0.1) is 0 Å². The summed E-state index contributed by atoms with van der Waals surface area (Å²) in [6, 6.07) is 7.09. The normalized spacial score (nSPS) is 10.2. The fraction of sp³-hybridized carbons (Fsp3) is 0.143. The SMILES string of the molecule is C[NH2+]c1ccc(O)cc1.O=S(=O)([O-])[O-]. The average molecular weight is 220 g/mol. The van der Waals surface area contributed by atoms with Crippen molar-refractivity contribution < 1.29 is 27.9 Å². The van der Waals surface area contributed by atoms with Crippen LogP contribution in [0.4, 0.5) is 5.69 Å². The number of phenols is 1. The van der Waals surface area contributed by atoms with Crippen LogP contribution in [0.3, 0.4) is 0 Å². The molecular weight excluding hydrogens is 210 g/mol. The van der Waals surface area contributed by atoms with Crippen LogP contribution in [0.15, 0.2) is 24.3 Å². The summed E-state index contributed by atoms with van der Waals surface area (Å²) in [6.45, 7) is 0. The highest BCUT2D eigenvalue weighted by Gasteiger charge is 1.89. The van der Waals surface area contributed by atoms with Crippen LogP contribution in [0.25, 0.3) is 0 Å². The molecule has 0 amide bonds. The Morgan fingerprint density at radius 1 is 1.21 bits per heavy atom. The molecule has 6 nitrogen and oxygen atoms in total. The van der Waals surface area contributed by atoms with Gasteiger partial charge in [0.1, 0.15) is 11.4 Å². The van der Waals surface area contributed by atoms with Crippen molar-refractivity contribution in [3.63, 3.8) is 0 Å². The van der Waals surface area contributed by atoms with E-state index in [0.717, 1.165) is 5.69 Å². The van der Waals surface area contributed by atoms with Crippen molar-refractivity contribution in [3.8, 4) is 5.75 Å². The van der Waals surface area contributed by atoms with Crippen LogP contribution in [-0.4, -0.2) is 29.7 Å². The largest absolute Gasteiger partial charge is 0.759 e. The van der Waals surface area contributed by atoms with Crippen molar-refractivity contribution >= 4 is 16.1 Å². The minimum absolute atomic E-state index is 0.320. The average Bonchev–Trinajstić information content (AvgIpc) is 2.03. The number of aromatic hydroxyl groups is 1. The fourth-order valence-electron chi connectivity index (χ4n) is 0.667. The quantitative estimate of drug-likeness (QED) is 0.269. The highest BCUT2D eigenvalue weighted by Crippen LogP contribution is 2.08. The van der Waals surface area contributed by atoms with E-state index in [1.807, 2.05) is 24.5 Å². The zero-order valence-electron chi connectivity index (χ0n) is 7.38. The molecule has 0 aliphatic carbocycles. The lowest BCUT2D eigenvalue weighted by Crippen LogP contribution is -2.72. The van der Waals surface area contributed by atoms with Gasteiger partial charge in [0.25, 0.3) is 0 Å². The molecule has 0 radical (unpaired) electrons. The third-order valence-corrected chi connectivity index (χ3v) is 1.23. The molecule has 3 N–H and O–H groups in total. The molecule has 0 spiro atoms. The summed E-state index contributed by atoms with van der Waals surface area (Å²) < 4.78 is 34.1. The number of hydrogen-bond donors (Lipinski definition) is 2. The van der Waals surface area contributed by atoms with Gasteiger partial charge >= 0.3 is 0 Å². The predicted octanol–water partition coefficient (Wildman–Crippen LogP) is -1.12. The van der Waals surface area contributed by atoms with E-state index < -0.39 is 10.4 Å². The highest BCUT2D eigenvalue weighted by atomic mass is 32.3. The first kappa shape index (κ1) is 12.8. The lowest BCUT2D eigenvalue weighted by atomic mass is 10.3. The van der Waals surface area contributed by atoms with Gasteiger partial charge in [-0.3, -0.25) is 8.42 Å². The Morgan fingerprint density at radius 2 is 1.57 bits per heavy atom. The summed E-state index contributed by atoms with van der Waals surface area (Å²) in [7, 11) is -3.20. The van der Waals surface area contributed by atoms with Gasteiger partial charge in [-0.25, -0.2) is 0 Å². The number of rotatable bonds is 1. The molecule has 1 rings (SSSR count). The highest BCUT2D eigenvalue weighted by molar-refractivity contribution is 7.79. The standard InChI is InChI=1S/C7H9NO.H2O4S/c1-8-6-2-4-7(9)5-3-6;1-5(2,3)4/h2-5,8-9H,1H3;(H2,1,2,3,4)/p-1. The van der Waals surface area contributed by atoms with Crippen LogP contribution in [0.1, 0.15) is 0 Å². The van der Waals surface area contributed by atoms with Crippen LogP contribution in [0.2, 0.25) is 0 Å². The van der Waals surface area contributed by atoms with Crippen molar-refractivity contribution in [3.05, 3.63) is 24.3 Å². The Hall–Kier alpha value is -1.15. The first-order valence-electron chi connectivity index (χ1n) is 3.58. The Bertz CT molecular complexity index is 350. The van der Waals surface area contributed by atoms with E-state index in [1.54, 1.807) is 12.1 Å². The molecule has 14 heavy (non-hydrogen) atoms. The molecule has 0 bridgehead atoms. The molecular formula is C7H10NO5S-. The second-order valence-electron chi connectivity index (χ2n) is 2.29. The maximum atomic E-state index is 8.84. The molecule has 0 unspecified atom stereocenters. The van der Waals surface area contributed by atoms with E-state index in [1.165, 1.54) is 0 Å². The molecule has 0 heterocycles. The van der Waals surface area contributed by atoms with E-state index in [9.17, 15) is 0 Å². The van der Waals surface area contributed by atoms with Gasteiger partial charge in [0, 0.05) is 22.5 Å². The Kier molecular flexibility index (Phi) is 5.10. The third-order valence-electron chi connectivity index (χ3n) is 1.23. The van der Waals surface area contributed by atoms with Gasteiger partial charge in [-0.1, -0.05) is 0 Å². The maximum Gasteiger partial charge on any atom is 0.129 e. The molecule has 0 saturated heterocycles. The van der Waals surface area contributed by atoms with Gasteiger partial charge in [0.15, 0.2) is 0 Å². The Morgan fingerprint density at radius 3 is 1.86 bits per heavy atom. The van der Waals surface area contributed by atoms with Gasteiger partial charge in [-0.05, 0) is 12.1 Å². The second-order valence-corrected chi connectivity index (χ2v) is 3.10. The molecule has 0 fully saturated rings. The number of phenolic OH excluding ortho intramolecular Hbond substituents is 1. The lowest BCUT2D eigenvalue weighted by molar-refractivity contribution is -0.539. The summed E-state index contributed by atoms with van der Waals surface area (Å²) >= 11 is 0. The first-order valence-corrected chi connectivity index (χ1v) is 4.91. The van der Waals surface area contributed by atoms with Crippen LogP contribution < -0.4 is 5.32 Å². The van der Waals surface area contributed by atoms with Crippen molar-refractivity contribution in [1.82, 2.24) is 0 Å². The minimum Gasteiger partial charge on any atom is -0.759 e. The third kappa shape index (κ3) is 8.94. The number of nitrogens with two attached hydrogens (primary N) is 1. The van der Waals surface area contributed by atoms with Crippen LogP contribution in [0.5, 0.6) is 5.75 Å². The van der Waals surface area contributed by atoms with Crippen molar-refractivity contribution in [2.75, 3.05) is 7.05 Å². The molecule has 7 heteroatoms. The summed E-state index contributed by atoms with van der Waals surface area (Å²) in [5.74, 6) is 0.320. The number of hydrogen-bond acceptors (Lipinski definition) is 5. The summed E-state index contributed by atoms with van der Waals surface area (Å²) in [5, 5.41) is 10.8. The van der Waals surface area contributed by atoms with Gasteiger partial charge in [-0.2, -0.15) is 0 Å². The minimum atomic E-state index is -5.17. The van der Waals surface area contributed by atoms with Crippen LogP contribution in [0, 0.1) is 0 Å². The monoisotopic (exact) mass is 220 g/mol. The maximum absolute atomic E-state index is 8.84. The summed E-state index contributed by atoms with van der Waals surface area (Å²) in [4.78, 5) is 0. The predicted molar refractivity (Wildman–Crippen MR) is 46.1 cm³/mol. The van der Waals surface area contributed by atoms with Crippen molar-refractivity contribution in [1.29, 1.82) is 0 Å². The van der Waals surface area contributed by atoms with Crippen molar-refractivity contribution in [2.45, 2.75) is 0 Å². The van der Waals surface area contributed by atoms with E-state index in [-0.39, 0.29) is 0 Å². The molecule has 0 aliphatic heterocycles. The number of benzene rings is 1. The van der Waals surface area contributed by atoms with E-state index in [4.69, 9.17) is 22.6 Å². The van der Waals surface area contributed by atoms with Crippen LogP contribution in [-0.2, 0) is 10.4 Å². The lowest BCUT2D eigenvalue weighted by Gasteiger charge is -2.06. The smallest absolute Gasteiger partial charge is 0.129 e. The molecule has 0 saturated carbocycles. The Balaban J connectivity index is 0.000000292. The van der Waals surface area contributed by atoms with E-state index >= 15 is 0 Å². The Labute approximate surface area is 81.8 Å². The first-order chi connectivity index (χ1) is 6.33. The molecule has 0 atom stereocenters. The second kappa shape index (κ2) is 5.55. The molecule has 1 aromatic carbocycles. The van der Waals surface area contributed by atoms with E-state index in [0.29, 0.717) is 5.75 Å². The molecule has 0 aliphatic rings. The number of quaternary nitrogens is 1. The summed E-state index contributed by atoms with van der Waals surface area (Å²) in [6.07, 6.45) is 0. The van der Waals surface area contributed by atoms with Gasteiger partial charge < -0.3 is 19.5 Å². The summed E-state index contributed by atoms with van der Waals surface area (Å²) in [5.41, 5.74) is 1.13. The fourth-order valence-corrected chi connectivity index (χ4v) is 0.667. The topological polar surface area (TPSA) is 117 Å². The van der Waals surface area contributed by atoms with Gasteiger partial charge in [0.05, 0.1) is 7.05 Å². The van der Waals surface area contributed by atoms with Crippen molar-refractivity contribution in [2.24, 2.45) is 0 Å². The molecule has 80 valence electrons. The van der Waals surface area contributed by atoms with Gasteiger partial charge in [0.2, 0.25) is 0 Å². The zero-order valence-corrected chi connectivity index (χ0v) is 8.19. The molecule has 1 aromatic rings. The van der Waals surface area contributed by atoms with E-state index in [2.05, 4.69) is 0 Å². The molecule has 0 aromatic heterocycles. The van der Waals surface area contributed by atoms with Crippen LogP contribution >= 0.6 is 0 Å². The zero-order chi connectivity index (χ0) is 11.2.